The van der Waals surface area contributed by atoms with Crippen LogP contribution >= 0.6 is 0 Å². The zero-order valence-corrected chi connectivity index (χ0v) is 67.7. The Labute approximate surface area is 716 Å². The predicted molar refractivity (Wildman–Crippen MR) is 504 cm³/mol. The molecular formula is C113H82N10. The van der Waals surface area contributed by atoms with Crippen molar-refractivity contribution in [2.75, 3.05) is 20.1 Å². The number of hydrogen-bond acceptors (Lipinski definition) is 10. The van der Waals surface area contributed by atoms with Crippen LogP contribution in [0.5, 0.6) is 0 Å². The highest BCUT2D eigenvalue weighted by atomic mass is 15.5. The number of aliphatic imine (C=N–C) groups is 2. The maximum absolute atomic E-state index is 5.39. The first kappa shape index (κ1) is 73.8. The van der Waals surface area contributed by atoms with Crippen LogP contribution in [0.4, 0.5) is 0 Å². The Morgan fingerprint density at radius 3 is 1.12 bits per heavy atom. The molecule has 2 N–H and O–H groups in total. The van der Waals surface area contributed by atoms with Gasteiger partial charge in [-0.15, -0.1) is 0 Å². The van der Waals surface area contributed by atoms with Crippen LogP contribution in [0, 0.1) is 0 Å². The van der Waals surface area contributed by atoms with Gasteiger partial charge in [-0.2, -0.15) is 0 Å². The summed E-state index contributed by atoms with van der Waals surface area (Å²) in [6.45, 7) is 1.38. The second-order valence-corrected chi connectivity index (χ2v) is 31.9. The van der Waals surface area contributed by atoms with E-state index in [2.05, 4.69) is 427 Å². The van der Waals surface area contributed by atoms with Gasteiger partial charge in [-0.05, 0) is 137 Å². The summed E-state index contributed by atoms with van der Waals surface area (Å²) in [6, 6.07) is 141. The average Bonchev–Trinajstić information content (AvgIpc) is 1.65. The van der Waals surface area contributed by atoms with E-state index in [9.17, 15) is 0 Å². The number of benzene rings is 15. The molecule has 0 amide bonds. The van der Waals surface area contributed by atoms with E-state index >= 15 is 0 Å². The van der Waals surface area contributed by atoms with Gasteiger partial charge in [-0.25, -0.2) is 35.8 Å². The molecule has 584 valence electrons. The van der Waals surface area contributed by atoms with E-state index in [-0.39, 0.29) is 6.17 Å². The molecule has 10 nitrogen and oxygen atoms in total. The van der Waals surface area contributed by atoms with E-state index in [0.29, 0.717) is 29.9 Å². The van der Waals surface area contributed by atoms with Gasteiger partial charge >= 0.3 is 0 Å². The fourth-order valence-corrected chi connectivity index (χ4v) is 18.4. The van der Waals surface area contributed by atoms with Gasteiger partial charge in [0.05, 0.1) is 22.8 Å². The number of amidine groups is 2. The zero-order valence-electron chi connectivity index (χ0n) is 67.7. The van der Waals surface area contributed by atoms with Crippen LogP contribution in [0.3, 0.4) is 0 Å². The monoisotopic (exact) mass is 1580 g/mol. The summed E-state index contributed by atoms with van der Waals surface area (Å²) >= 11 is 0. The van der Waals surface area contributed by atoms with Crippen molar-refractivity contribution in [3.05, 3.63) is 491 Å². The fraction of sp³-hybridized carbons (Fsp3) is 0.0531. The highest BCUT2D eigenvalue weighted by Gasteiger charge is 2.39. The van der Waals surface area contributed by atoms with Crippen LogP contribution in [0.15, 0.2) is 434 Å². The molecule has 0 saturated carbocycles. The van der Waals surface area contributed by atoms with Crippen LogP contribution in [-0.2, 0) is 0 Å². The summed E-state index contributed by atoms with van der Waals surface area (Å²) in [4.78, 5) is 28.6. The van der Waals surface area contributed by atoms with Crippen LogP contribution in [0.25, 0.3) is 129 Å². The number of aromatic nitrogens is 3. The molecule has 1 unspecified atom stereocenters. The van der Waals surface area contributed by atoms with E-state index in [0.717, 1.165) is 142 Å². The van der Waals surface area contributed by atoms with Crippen molar-refractivity contribution in [1.82, 2.24) is 40.7 Å². The molecule has 6 heterocycles. The third kappa shape index (κ3) is 13.9. The van der Waals surface area contributed by atoms with Gasteiger partial charge in [0.1, 0.15) is 12.0 Å². The van der Waals surface area contributed by atoms with Gasteiger partial charge in [-0.3, -0.25) is 10.0 Å². The van der Waals surface area contributed by atoms with Crippen molar-refractivity contribution in [1.29, 1.82) is 0 Å². The Kier molecular flexibility index (Phi) is 19.2. The van der Waals surface area contributed by atoms with Gasteiger partial charge in [0, 0.05) is 86.9 Å². The average molecular weight is 1580 g/mol. The van der Waals surface area contributed by atoms with Crippen LogP contribution in [0.1, 0.15) is 85.8 Å². The van der Waals surface area contributed by atoms with Gasteiger partial charge in [0.25, 0.3) is 0 Å². The van der Waals surface area contributed by atoms with Gasteiger partial charge in [-0.1, -0.05) is 388 Å². The smallest absolute Gasteiger partial charge is 0.164 e. The topological polar surface area (TPSA) is 97.2 Å². The Hall–Kier alpha value is -15.6. The number of rotatable bonds is 17. The van der Waals surface area contributed by atoms with Crippen LogP contribution < -0.4 is 10.9 Å². The zero-order chi connectivity index (χ0) is 81.7. The first-order valence-electron chi connectivity index (χ1n) is 42.3. The van der Waals surface area contributed by atoms with Crippen molar-refractivity contribution in [3.63, 3.8) is 0 Å². The van der Waals surface area contributed by atoms with Crippen LogP contribution in [-0.4, -0.2) is 61.7 Å². The lowest BCUT2D eigenvalue weighted by Crippen LogP contribution is -2.35. The maximum atomic E-state index is 5.39. The maximum Gasteiger partial charge on any atom is 0.164 e. The lowest BCUT2D eigenvalue weighted by Gasteiger charge is -2.35. The Morgan fingerprint density at radius 1 is 0.276 bits per heavy atom. The summed E-state index contributed by atoms with van der Waals surface area (Å²) in [5.74, 6) is 3.38. The lowest BCUT2D eigenvalue weighted by atomic mass is 9.83. The molecule has 6 aliphatic rings. The summed E-state index contributed by atoms with van der Waals surface area (Å²) < 4.78 is 0. The molecule has 0 bridgehead atoms. The minimum Gasteiger partial charge on any atom is -0.333 e. The molecule has 15 aromatic carbocycles. The second kappa shape index (κ2) is 31.9. The summed E-state index contributed by atoms with van der Waals surface area (Å²) in [5.41, 5.74) is 46.1. The van der Waals surface area contributed by atoms with Crippen molar-refractivity contribution < 1.29 is 0 Å². The minimum atomic E-state index is -0.272. The molecule has 0 radical (unpaired) electrons. The standard InChI is InChI=1S/C113H82N10/c1-121-112(87-38-18-7-19-39-87)119-111(120-113(121)95-47-27-44-92(71-95)74-28-8-2-9-29-74)94-46-26-43-91(70-94)77-56-64-82(65-57-77)103-97-49-21-23-51-99(97)107-101(73-115-123(107)105(103)84-34-14-5-15-35-84)80-60-52-75(53-61-80)88-40-24-41-89(68-88)78-58-66-86(67-59-78)109-116-108(85-36-16-6-17-37-85)117-110(118-109)93-45-25-42-90(69-93)76-54-62-81(63-55-76)102-96-48-20-22-50-98(96)106-100(79-30-10-3-11-31-79)72-114-122(106)104(102)83-32-12-4-13-33-83/h2-4,6-14,16-71,112,114-115H,5,15,72-73H2,1H3. The SMILES string of the molecule is CN1C(c2cccc(-c3ccccc3)c2)=NC(c2cccc(-c3ccc(C4=C(C5=CCCC=C5)N5NCC(c6ccc(-c7cccc(-c8ccc(-c9nc(-c%10ccccc%10)nc(-c%10cccc(-c%11ccc(C%12=C(c%13ccccc%13)N%13NCC(c%14ccccc%14)=C%13c%13ccccc%13%12)cc%11)c%10)n9)cc8)c7)cc6)=C5c5ccccc54)cc3)c2)=NC1c1ccccc1. The molecule has 0 spiro atoms. The molecule has 1 aromatic heterocycles. The number of fused-ring (bicyclic) bond motifs is 6. The first-order chi connectivity index (χ1) is 60.9. The number of hydrogen-bond donors (Lipinski definition) is 2. The molecule has 16 aromatic rings. The minimum absolute atomic E-state index is 0.272. The Bertz CT molecular complexity index is 7070. The lowest BCUT2D eigenvalue weighted by molar-refractivity contribution is 0.383. The van der Waals surface area contributed by atoms with E-state index in [1.807, 2.05) is 18.2 Å². The molecule has 10 heteroatoms. The quantitative estimate of drug-likeness (QED) is 0.0931. The van der Waals surface area contributed by atoms with Gasteiger partial charge < -0.3 is 4.90 Å². The number of hydrazine groups is 2. The summed E-state index contributed by atoms with van der Waals surface area (Å²) in [6.07, 6.45) is 8.75. The first-order valence-corrected chi connectivity index (χ1v) is 42.3. The van der Waals surface area contributed by atoms with E-state index in [1.54, 1.807) is 0 Å². The van der Waals surface area contributed by atoms with Gasteiger partial charge in [0.2, 0.25) is 0 Å². The van der Waals surface area contributed by atoms with Crippen molar-refractivity contribution in [2.24, 2.45) is 9.98 Å². The molecule has 0 saturated heterocycles. The normalized spacial score (nSPS) is 15.3. The molecule has 0 fully saturated rings. The number of nitrogens with one attached hydrogen (secondary N) is 2. The van der Waals surface area contributed by atoms with Crippen molar-refractivity contribution >= 4 is 51.1 Å². The molecule has 1 aliphatic carbocycles. The molecule has 123 heavy (non-hydrogen) atoms. The van der Waals surface area contributed by atoms with Crippen molar-refractivity contribution in [3.8, 4) is 89.8 Å². The summed E-state index contributed by atoms with van der Waals surface area (Å²) in [7, 11) is 2.10. The highest BCUT2D eigenvalue weighted by Crippen LogP contribution is 2.52. The number of nitrogens with zero attached hydrogens (tertiary/aromatic N) is 8. The fourth-order valence-electron chi connectivity index (χ4n) is 18.4. The third-order valence-electron chi connectivity index (χ3n) is 24.4. The predicted octanol–water partition coefficient (Wildman–Crippen LogP) is 25.4. The van der Waals surface area contributed by atoms with Gasteiger partial charge in [0.15, 0.2) is 23.3 Å². The Balaban J connectivity index is 0.532. The van der Waals surface area contributed by atoms with E-state index in [1.165, 1.54) is 72.6 Å². The molecular weight excluding hydrogens is 1500 g/mol. The summed E-state index contributed by atoms with van der Waals surface area (Å²) in [5, 5.41) is 4.70. The van der Waals surface area contributed by atoms with E-state index < -0.39 is 0 Å². The molecule has 5 aliphatic heterocycles. The largest absolute Gasteiger partial charge is 0.333 e. The number of allylic oxidation sites excluding steroid dienone is 3. The van der Waals surface area contributed by atoms with Crippen molar-refractivity contribution in [2.45, 2.75) is 19.0 Å². The second-order valence-electron chi connectivity index (χ2n) is 31.9. The van der Waals surface area contributed by atoms with Crippen LogP contribution in [0.2, 0.25) is 0 Å². The Morgan fingerprint density at radius 2 is 0.618 bits per heavy atom. The molecule has 22 rings (SSSR count). The third-order valence-corrected chi connectivity index (χ3v) is 24.4. The molecule has 1 atom stereocenters. The van der Waals surface area contributed by atoms with E-state index in [4.69, 9.17) is 24.9 Å². The highest BCUT2D eigenvalue weighted by molar-refractivity contribution is 6.14.